The van der Waals surface area contributed by atoms with Gasteiger partial charge in [0.2, 0.25) is 0 Å². The van der Waals surface area contributed by atoms with Crippen molar-refractivity contribution in [2.24, 2.45) is 0 Å². The fourth-order valence-corrected chi connectivity index (χ4v) is 3.50. The monoisotopic (exact) mass is 339 g/mol. The highest BCUT2D eigenvalue weighted by molar-refractivity contribution is 7.09. The van der Waals surface area contributed by atoms with Crippen molar-refractivity contribution in [3.8, 4) is 0 Å². The Bertz CT molecular complexity index is 763. The maximum Gasteiger partial charge on any atom is 0.111 e. The van der Waals surface area contributed by atoms with Gasteiger partial charge in [0.15, 0.2) is 0 Å². The van der Waals surface area contributed by atoms with E-state index in [0.717, 1.165) is 46.9 Å². The molecule has 0 fully saturated rings. The highest BCUT2D eigenvalue weighted by atomic mass is 35.5. The zero-order chi connectivity index (χ0) is 14.8. The number of imidazole rings is 1. The number of hydrogen-bond acceptors (Lipinski definition) is 3. The Morgan fingerprint density at radius 3 is 2.81 bits per heavy atom. The molecule has 0 aliphatic carbocycles. The summed E-state index contributed by atoms with van der Waals surface area (Å²) in [4.78, 5) is 9.18. The summed E-state index contributed by atoms with van der Waals surface area (Å²) in [7, 11) is 0. The molecular weight excluding hydrogens is 325 g/mol. The predicted molar refractivity (Wildman–Crippen MR) is 89.7 cm³/mol. The largest absolute Gasteiger partial charge is 0.328 e. The molecule has 0 bridgehead atoms. The SMILES string of the molecule is Cc1csc(CCn2c(CCCl)nc3cc(Cl)ccc32)n1. The van der Waals surface area contributed by atoms with E-state index in [1.54, 1.807) is 11.3 Å². The standard InChI is InChI=1S/C15H15Cl2N3S/c1-10-9-21-15(18-10)5-7-20-13-3-2-11(17)8-12(13)19-14(20)4-6-16/h2-3,8-9H,4-7H2,1H3. The minimum Gasteiger partial charge on any atom is -0.328 e. The molecular formula is C15H15Cl2N3S. The van der Waals surface area contributed by atoms with Crippen molar-refractivity contribution in [1.29, 1.82) is 0 Å². The number of aromatic nitrogens is 3. The van der Waals surface area contributed by atoms with Crippen LogP contribution < -0.4 is 0 Å². The molecule has 2 aromatic heterocycles. The van der Waals surface area contributed by atoms with Gasteiger partial charge in [0.05, 0.1) is 16.0 Å². The Hall–Kier alpha value is -1.10. The average Bonchev–Trinajstić information content (AvgIpc) is 3.00. The van der Waals surface area contributed by atoms with Crippen LogP contribution in [-0.2, 0) is 19.4 Å². The summed E-state index contributed by atoms with van der Waals surface area (Å²) in [6.07, 6.45) is 1.66. The lowest BCUT2D eigenvalue weighted by Gasteiger charge is -2.07. The number of alkyl halides is 1. The zero-order valence-electron chi connectivity index (χ0n) is 11.6. The Morgan fingerprint density at radius 1 is 1.24 bits per heavy atom. The van der Waals surface area contributed by atoms with E-state index in [1.165, 1.54) is 0 Å². The molecule has 1 aromatic carbocycles. The third-order valence-corrected chi connectivity index (χ3v) is 4.77. The van der Waals surface area contributed by atoms with Crippen LogP contribution in [-0.4, -0.2) is 20.4 Å². The van der Waals surface area contributed by atoms with Gasteiger partial charge in [-0.1, -0.05) is 11.6 Å². The molecule has 3 rings (SSSR count). The van der Waals surface area contributed by atoms with Crippen molar-refractivity contribution in [2.45, 2.75) is 26.3 Å². The molecule has 2 heterocycles. The highest BCUT2D eigenvalue weighted by Crippen LogP contribution is 2.22. The van der Waals surface area contributed by atoms with Crippen LogP contribution in [0.3, 0.4) is 0 Å². The summed E-state index contributed by atoms with van der Waals surface area (Å²) in [5.74, 6) is 1.57. The number of nitrogens with zero attached hydrogens (tertiary/aromatic N) is 3. The topological polar surface area (TPSA) is 30.7 Å². The lowest BCUT2D eigenvalue weighted by Crippen LogP contribution is -2.07. The van der Waals surface area contributed by atoms with Gasteiger partial charge in [-0.25, -0.2) is 9.97 Å². The number of aryl methyl sites for hydroxylation is 4. The molecule has 0 radical (unpaired) electrons. The molecule has 0 saturated heterocycles. The third-order valence-electron chi connectivity index (χ3n) is 3.32. The second-order valence-electron chi connectivity index (χ2n) is 4.88. The molecule has 0 atom stereocenters. The Morgan fingerprint density at radius 2 is 2.10 bits per heavy atom. The molecule has 0 unspecified atom stereocenters. The van der Waals surface area contributed by atoms with Gasteiger partial charge in [-0.3, -0.25) is 0 Å². The molecule has 110 valence electrons. The van der Waals surface area contributed by atoms with Gasteiger partial charge < -0.3 is 4.57 Å². The van der Waals surface area contributed by atoms with Gasteiger partial charge in [0, 0.05) is 41.4 Å². The van der Waals surface area contributed by atoms with Crippen molar-refractivity contribution < 1.29 is 0 Å². The van der Waals surface area contributed by atoms with E-state index in [0.29, 0.717) is 10.9 Å². The number of thiazole rings is 1. The van der Waals surface area contributed by atoms with Crippen LogP contribution in [0.25, 0.3) is 11.0 Å². The van der Waals surface area contributed by atoms with E-state index in [-0.39, 0.29) is 0 Å². The van der Waals surface area contributed by atoms with E-state index in [2.05, 4.69) is 19.9 Å². The molecule has 0 spiro atoms. The number of rotatable bonds is 5. The molecule has 6 heteroatoms. The van der Waals surface area contributed by atoms with Crippen LogP contribution in [0.4, 0.5) is 0 Å². The van der Waals surface area contributed by atoms with Crippen LogP contribution >= 0.6 is 34.5 Å². The number of fused-ring (bicyclic) bond motifs is 1. The molecule has 0 N–H and O–H groups in total. The Kier molecular flexibility index (Phi) is 4.48. The molecule has 0 aliphatic heterocycles. The van der Waals surface area contributed by atoms with Crippen LogP contribution in [0.5, 0.6) is 0 Å². The summed E-state index contributed by atoms with van der Waals surface area (Å²) in [5, 5.41) is 3.95. The van der Waals surface area contributed by atoms with E-state index in [1.807, 2.05) is 25.1 Å². The van der Waals surface area contributed by atoms with Crippen molar-refractivity contribution >= 4 is 45.6 Å². The first-order valence-electron chi connectivity index (χ1n) is 6.79. The van der Waals surface area contributed by atoms with Gasteiger partial charge in [-0.15, -0.1) is 22.9 Å². The Balaban J connectivity index is 1.92. The second kappa shape index (κ2) is 6.34. The summed E-state index contributed by atoms with van der Waals surface area (Å²) < 4.78 is 2.23. The van der Waals surface area contributed by atoms with Crippen LogP contribution in [0.2, 0.25) is 5.02 Å². The fourth-order valence-electron chi connectivity index (χ4n) is 2.40. The van der Waals surface area contributed by atoms with E-state index >= 15 is 0 Å². The van der Waals surface area contributed by atoms with Crippen molar-refractivity contribution in [3.63, 3.8) is 0 Å². The van der Waals surface area contributed by atoms with E-state index < -0.39 is 0 Å². The minimum atomic E-state index is 0.563. The molecule has 3 aromatic rings. The van der Waals surface area contributed by atoms with E-state index in [4.69, 9.17) is 23.2 Å². The van der Waals surface area contributed by atoms with Crippen molar-refractivity contribution in [1.82, 2.24) is 14.5 Å². The van der Waals surface area contributed by atoms with Crippen molar-refractivity contribution in [3.05, 3.63) is 45.1 Å². The van der Waals surface area contributed by atoms with Crippen LogP contribution in [0.1, 0.15) is 16.5 Å². The number of halogens is 2. The second-order valence-corrected chi connectivity index (χ2v) is 6.64. The summed E-state index contributed by atoms with van der Waals surface area (Å²) >= 11 is 13.7. The predicted octanol–water partition coefficient (Wildman–Crippen LogP) is 4.48. The smallest absolute Gasteiger partial charge is 0.111 e. The summed E-state index contributed by atoms with van der Waals surface area (Å²) in [5.41, 5.74) is 3.11. The minimum absolute atomic E-state index is 0.563. The average molecular weight is 340 g/mol. The molecule has 0 aliphatic rings. The van der Waals surface area contributed by atoms with Gasteiger partial charge >= 0.3 is 0 Å². The molecule has 0 saturated carbocycles. The molecule has 21 heavy (non-hydrogen) atoms. The lowest BCUT2D eigenvalue weighted by molar-refractivity contribution is 0.672. The van der Waals surface area contributed by atoms with Gasteiger partial charge in [-0.2, -0.15) is 0 Å². The Labute approximate surface area is 137 Å². The first-order chi connectivity index (χ1) is 10.2. The maximum atomic E-state index is 6.05. The van der Waals surface area contributed by atoms with Gasteiger partial charge in [0.25, 0.3) is 0 Å². The zero-order valence-corrected chi connectivity index (χ0v) is 14.0. The maximum absolute atomic E-state index is 6.05. The van der Waals surface area contributed by atoms with Crippen molar-refractivity contribution in [2.75, 3.05) is 5.88 Å². The van der Waals surface area contributed by atoms with Gasteiger partial charge in [0.1, 0.15) is 5.82 Å². The van der Waals surface area contributed by atoms with Gasteiger partial charge in [-0.05, 0) is 25.1 Å². The highest BCUT2D eigenvalue weighted by Gasteiger charge is 2.11. The fraction of sp³-hybridized carbons (Fsp3) is 0.333. The third kappa shape index (κ3) is 3.23. The lowest BCUT2D eigenvalue weighted by atomic mass is 10.3. The normalized spacial score (nSPS) is 11.4. The van der Waals surface area contributed by atoms with Crippen LogP contribution in [0.15, 0.2) is 23.6 Å². The van der Waals surface area contributed by atoms with Crippen LogP contribution in [0, 0.1) is 6.92 Å². The number of benzene rings is 1. The summed E-state index contributed by atoms with van der Waals surface area (Å²) in [6.45, 7) is 2.88. The molecule has 3 nitrogen and oxygen atoms in total. The first-order valence-corrected chi connectivity index (χ1v) is 8.58. The summed E-state index contributed by atoms with van der Waals surface area (Å²) in [6, 6.07) is 5.83. The first kappa shape index (κ1) is 14.8. The van der Waals surface area contributed by atoms with E-state index in [9.17, 15) is 0 Å². The number of hydrogen-bond donors (Lipinski definition) is 0. The molecule has 0 amide bonds. The quantitative estimate of drug-likeness (QED) is 0.641.